The van der Waals surface area contributed by atoms with Crippen molar-refractivity contribution in [3.8, 4) is 11.8 Å². The van der Waals surface area contributed by atoms with Gasteiger partial charge in [-0.1, -0.05) is 11.8 Å². The molecule has 19 heavy (non-hydrogen) atoms. The smallest absolute Gasteiger partial charge is 0.265 e. The molecular weight excluding hydrogens is 262 g/mol. The van der Waals surface area contributed by atoms with Crippen molar-refractivity contribution in [3.63, 3.8) is 0 Å². The zero-order valence-corrected chi connectivity index (χ0v) is 11.7. The van der Waals surface area contributed by atoms with Crippen LogP contribution in [0.2, 0.25) is 0 Å². The molecule has 0 aromatic carbocycles. The van der Waals surface area contributed by atoms with Gasteiger partial charge in [-0.15, -0.1) is 11.3 Å². The number of piperidine rings is 1. The zero-order valence-electron chi connectivity index (χ0n) is 10.8. The maximum atomic E-state index is 12.4. The Bertz CT molecular complexity index is 514. The summed E-state index contributed by atoms with van der Waals surface area (Å²) in [7, 11) is 0. The average molecular weight is 279 g/mol. The SMILES string of the molecule is CC1(O)CCN(C(=O)c2sccc2C#CCO)CC1. The number of aliphatic hydroxyl groups excluding tert-OH is 1. The molecule has 1 aliphatic heterocycles. The molecule has 0 spiro atoms. The molecule has 0 saturated carbocycles. The summed E-state index contributed by atoms with van der Waals surface area (Å²) in [6.07, 6.45) is 1.20. The van der Waals surface area contributed by atoms with Gasteiger partial charge < -0.3 is 15.1 Å². The highest BCUT2D eigenvalue weighted by Gasteiger charge is 2.30. The lowest BCUT2D eigenvalue weighted by Gasteiger charge is -2.35. The molecular formula is C14H17NO3S. The minimum atomic E-state index is -0.661. The van der Waals surface area contributed by atoms with Gasteiger partial charge in [-0.05, 0) is 31.2 Å². The van der Waals surface area contributed by atoms with E-state index in [0.29, 0.717) is 36.4 Å². The lowest BCUT2D eigenvalue weighted by atomic mass is 9.94. The van der Waals surface area contributed by atoms with Gasteiger partial charge >= 0.3 is 0 Å². The molecule has 2 N–H and O–H groups in total. The van der Waals surface area contributed by atoms with Gasteiger partial charge in [-0.3, -0.25) is 4.79 Å². The minimum Gasteiger partial charge on any atom is -0.390 e. The Morgan fingerprint density at radius 3 is 2.84 bits per heavy atom. The first-order valence-electron chi connectivity index (χ1n) is 6.22. The second-order valence-electron chi connectivity index (χ2n) is 4.91. The van der Waals surface area contributed by atoms with Gasteiger partial charge in [0.15, 0.2) is 0 Å². The molecule has 0 unspecified atom stereocenters. The Balaban J connectivity index is 2.11. The van der Waals surface area contributed by atoms with Crippen LogP contribution in [0, 0.1) is 11.8 Å². The van der Waals surface area contributed by atoms with Gasteiger partial charge in [0.2, 0.25) is 0 Å². The Hall–Kier alpha value is -1.35. The number of hydrogen-bond donors (Lipinski definition) is 2. The van der Waals surface area contributed by atoms with Crippen LogP contribution in [0.3, 0.4) is 0 Å². The van der Waals surface area contributed by atoms with Gasteiger partial charge in [-0.25, -0.2) is 0 Å². The highest BCUT2D eigenvalue weighted by Crippen LogP contribution is 2.25. The van der Waals surface area contributed by atoms with E-state index < -0.39 is 5.60 Å². The van der Waals surface area contributed by atoms with Crippen molar-refractivity contribution in [2.45, 2.75) is 25.4 Å². The Morgan fingerprint density at radius 1 is 1.53 bits per heavy atom. The molecule has 0 bridgehead atoms. The molecule has 1 amide bonds. The average Bonchev–Trinajstić information content (AvgIpc) is 2.83. The van der Waals surface area contributed by atoms with E-state index >= 15 is 0 Å². The summed E-state index contributed by atoms with van der Waals surface area (Å²) in [6, 6.07) is 1.79. The van der Waals surface area contributed by atoms with Crippen molar-refractivity contribution in [1.29, 1.82) is 0 Å². The number of thiophene rings is 1. The fraction of sp³-hybridized carbons (Fsp3) is 0.500. The molecule has 4 nitrogen and oxygen atoms in total. The molecule has 1 aromatic heterocycles. The van der Waals surface area contributed by atoms with Gasteiger partial charge in [-0.2, -0.15) is 0 Å². The number of aliphatic hydroxyl groups is 2. The largest absolute Gasteiger partial charge is 0.390 e. The van der Waals surface area contributed by atoms with Crippen LogP contribution >= 0.6 is 11.3 Å². The molecule has 0 atom stereocenters. The highest BCUT2D eigenvalue weighted by molar-refractivity contribution is 7.12. The van der Waals surface area contributed by atoms with Crippen LogP contribution in [-0.2, 0) is 0 Å². The lowest BCUT2D eigenvalue weighted by molar-refractivity contribution is -0.00188. The van der Waals surface area contributed by atoms with Crippen molar-refractivity contribution in [2.24, 2.45) is 0 Å². The number of carbonyl (C=O) groups is 1. The molecule has 2 rings (SSSR count). The first kappa shape index (κ1) is 14.1. The Morgan fingerprint density at radius 2 is 2.21 bits per heavy atom. The monoisotopic (exact) mass is 279 g/mol. The van der Waals surface area contributed by atoms with Crippen LogP contribution in [-0.4, -0.2) is 46.3 Å². The molecule has 1 saturated heterocycles. The second-order valence-corrected chi connectivity index (χ2v) is 5.83. The van der Waals surface area contributed by atoms with Crippen molar-refractivity contribution in [2.75, 3.05) is 19.7 Å². The van der Waals surface area contributed by atoms with Gasteiger partial charge in [0.1, 0.15) is 11.5 Å². The standard InChI is InChI=1S/C14H17NO3S/c1-14(18)5-7-15(8-6-14)13(17)12-11(3-2-9-16)4-10-19-12/h4,10,16,18H,5-9H2,1H3. The van der Waals surface area contributed by atoms with E-state index in [4.69, 9.17) is 5.11 Å². The van der Waals surface area contributed by atoms with E-state index in [1.54, 1.807) is 17.9 Å². The van der Waals surface area contributed by atoms with Crippen molar-refractivity contribution < 1.29 is 15.0 Å². The lowest BCUT2D eigenvalue weighted by Crippen LogP contribution is -2.45. The number of likely N-dealkylation sites (tertiary alicyclic amines) is 1. The summed E-state index contributed by atoms with van der Waals surface area (Å²) in [5, 5.41) is 20.4. The summed E-state index contributed by atoms with van der Waals surface area (Å²) in [5.74, 6) is 5.32. The van der Waals surface area contributed by atoms with E-state index in [0.717, 1.165) is 0 Å². The number of rotatable bonds is 1. The summed E-state index contributed by atoms with van der Waals surface area (Å²) < 4.78 is 0. The third-order valence-corrected chi connectivity index (χ3v) is 4.19. The maximum Gasteiger partial charge on any atom is 0.265 e. The number of hydrogen-bond acceptors (Lipinski definition) is 4. The first-order valence-corrected chi connectivity index (χ1v) is 7.10. The predicted octanol–water partition coefficient (Wildman–Crippen LogP) is 1.08. The topological polar surface area (TPSA) is 60.8 Å². The Kier molecular flexibility index (Phi) is 4.25. The van der Waals surface area contributed by atoms with E-state index in [9.17, 15) is 9.90 Å². The van der Waals surface area contributed by atoms with Crippen LogP contribution in [0.15, 0.2) is 11.4 Å². The van der Waals surface area contributed by atoms with Crippen molar-refractivity contribution in [1.82, 2.24) is 4.90 Å². The van der Waals surface area contributed by atoms with Crippen molar-refractivity contribution >= 4 is 17.2 Å². The maximum absolute atomic E-state index is 12.4. The second kappa shape index (κ2) is 5.74. The van der Waals surface area contributed by atoms with E-state index in [2.05, 4.69) is 11.8 Å². The number of carbonyl (C=O) groups excluding carboxylic acids is 1. The van der Waals surface area contributed by atoms with Crippen LogP contribution in [0.4, 0.5) is 0 Å². The number of nitrogens with zero attached hydrogens (tertiary/aromatic N) is 1. The van der Waals surface area contributed by atoms with Gasteiger partial charge in [0.25, 0.3) is 5.91 Å². The summed E-state index contributed by atoms with van der Waals surface area (Å²) in [5.41, 5.74) is 0.00699. The normalized spacial score (nSPS) is 17.7. The highest BCUT2D eigenvalue weighted by atomic mass is 32.1. The molecule has 1 fully saturated rings. The minimum absolute atomic E-state index is 0.0345. The van der Waals surface area contributed by atoms with Crippen molar-refractivity contribution in [3.05, 3.63) is 21.9 Å². The fourth-order valence-electron chi connectivity index (χ4n) is 2.04. The van der Waals surface area contributed by atoms with Crippen LogP contribution in [0.25, 0.3) is 0 Å². The molecule has 1 aromatic rings. The predicted molar refractivity (Wildman–Crippen MR) is 74.0 cm³/mol. The first-order chi connectivity index (χ1) is 9.03. The molecule has 0 aliphatic carbocycles. The summed E-state index contributed by atoms with van der Waals surface area (Å²) in [4.78, 5) is 14.8. The molecule has 2 heterocycles. The summed E-state index contributed by atoms with van der Waals surface area (Å²) in [6.45, 7) is 2.72. The fourth-order valence-corrected chi connectivity index (χ4v) is 2.86. The van der Waals surface area contributed by atoms with Crippen LogP contribution < -0.4 is 0 Å². The van der Waals surface area contributed by atoms with E-state index in [1.165, 1.54) is 11.3 Å². The Labute approximate surface area is 116 Å². The van der Waals surface area contributed by atoms with Gasteiger partial charge in [0, 0.05) is 18.7 Å². The van der Waals surface area contributed by atoms with E-state index in [-0.39, 0.29) is 12.5 Å². The third kappa shape index (κ3) is 3.35. The third-order valence-electron chi connectivity index (χ3n) is 3.29. The van der Waals surface area contributed by atoms with Gasteiger partial charge in [0.05, 0.1) is 5.60 Å². The zero-order chi connectivity index (χ0) is 13.9. The molecule has 1 aliphatic rings. The number of amides is 1. The molecule has 102 valence electrons. The quantitative estimate of drug-likeness (QED) is 0.756. The van der Waals surface area contributed by atoms with Crippen LogP contribution in [0.1, 0.15) is 35.0 Å². The molecule has 5 heteroatoms. The van der Waals surface area contributed by atoms with E-state index in [1.807, 2.05) is 5.38 Å². The van der Waals surface area contributed by atoms with Crippen LogP contribution in [0.5, 0.6) is 0 Å². The summed E-state index contributed by atoms with van der Waals surface area (Å²) >= 11 is 1.36. The molecule has 0 radical (unpaired) electrons.